The van der Waals surface area contributed by atoms with Crippen LogP contribution in [0.2, 0.25) is 0 Å². The van der Waals surface area contributed by atoms with E-state index in [1.807, 2.05) is 27.7 Å². The van der Waals surface area contributed by atoms with Gasteiger partial charge < -0.3 is 14.0 Å². The van der Waals surface area contributed by atoms with Gasteiger partial charge in [-0.2, -0.15) is 13.2 Å². The Bertz CT molecular complexity index is 680. The van der Waals surface area contributed by atoms with Crippen LogP contribution >= 0.6 is 0 Å². The maximum atomic E-state index is 13.3. The van der Waals surface area contributed by atoms with Gasteiger partial charge in [0.05, 0.1) is 29.4 Å². The Kier molecular flexibility index (Phi) is 5.07. The maximum absolute atomic E-state index is 13.3. The van der Waals surface area contributed by atoms with Gasteiger partial charge in [-0.3, -0.25) is 4.79 Å². The van der Waals surface area contributed by atoms with Crippen LogP contribution in [0.25, 0.3) is 6.08 Å². The molecule has 0 atom stereocenters. The van der Waals surface area contributed by atoms with Crippen LogP contribution in [0.1, 0.15) is 49.2 Å². The molecule has 8 heteroatoms. The van der Waals surface area contributed by atoms with E-state index in [-0.39, 0.29) is 16.9 Å². The zero-order valence-corrected chi connectivity index (χ0v) is 14.7. The van der Waals surface area contributed by atoms with E-state index < -0.39 is 30.1 Å². The first-order chi connectivity index (χ1) is 11.4. The summed E-state index contributed by atoms with van der Waals surface area (Å²) in [5.74, 6) is 1.48. The van der Waals surface area contributed by atoms with Crippen LogP contribution in [0.4, 0.5) is 13.2 Å². The summed E-state index contributed by atoms with van der Waals surface area (Å²) in [6, 6.07) is 1.95. The number of hydrogen-bond donors (Lipinski definition) is 0. The first kappa shape index (κ1) is 19.5. The molecule has 1 aliphatic rings. The van der Waals surface area contributed by atoms with Gasteiger partial charge in [-0.25, -0.2) is 0 Å². The lowest BCUT2D eigenvalue weighted by Gasteiger charge is -2.32. The predicted octanol–water partition coefficient (Wildman–Crippen LogP) is 4.17. The molecule has 1 aromatic carbocycles. The fourth-order valence-electron chi connectivity index (χ4n) is 2.41. The lowest BCUT2D eigenvalue weighted by Crippen LogP contribution is -2.41. The molecule has 1 aliphatic heterocycles. The van der Waals surface area contributed by atoms with Crippen LogP contribution in [0.15, 0.2) is 18.1 Å². The minimum absolute atomic E-state index is 0.0663. The van der Waals surface area contributed by atoms with Crippen molar-refractivity contribution >= 4 is 19.5 Å². The molecule has 25 heavy (non-hydrogen) atoms. The van der Waals surface area contributed by atoms with Crippen LogP contribution in [0, 0.1) is 0 Å². The van der Waals surface area contributed by atoms with Gasteiger partial charge in [0.2, 0.25) is 0 Å². The van der Waals surface area contributed by atoms with Crippen LogP contribution in [-0.4, -0.2) is 31.7 Å². The normalized spacial score (nSPS) is 19.4. The lowest BCUT2D eigenvalue weighted by molar-refractivity contribution is -0.137. The van der Waals surface area contributed by atoms with Crippen LogP contribution in [-0.2, 0) is 15.5 Å². The SMILES string of the molecule is COc1cc(C=CB2OC(C)(C)C(C)(C)O2)c(C(F)(F)F)cc1C=O. The highest BCUT2D eigenvalue weighted by atomic mass is 19.4. The fourth-order valence-corrected chi connectivity index (χ4v) is 2.41. The highest BCUT2D eigenvalue weighted by Crippen LogP contribution is 2.38. The standard InChI is InChI=1S/C17H20BF3O4/c1-15(2)16(3,4)25-18(24-15)7-6-11-9-14(23-5)12(10-22)8-13(11)17(19,20)21/h6-10H,1-5H3. The average molecular weight is 356 g/mol. The predicted molar refractivity (Wildman–Crippen MR) is 88.5 cm³/mol. The first-order valence-corrected chi connectivity index (χ1v) is 7.69. The third kappa shape index (κ3) is 3.90. The first-order valence-electron chi connectivity index (χ1n) is 7.69. The van der Waals surface area contributed by atoms with E-state index in [4.69, 9.17) is 14.0 Å². The summed E-state index contributed by atoms with van der Waals surface area (Å²) >= 11 is 0. The van der Waals surface area contributed by atoms with Gasteiger partial charge in [-0.05, 0) is 45.4 Å². The summed E-state index contributed by atoms with van der Waals surface area (Å²) in [5.41, 5.74) is -2.41. The van der Waals surface area contributed by atoms with Crippen LogP contribution < -0.4 is 4.74 Å². The quantitative estimate of drug-likeness (QED) is 0.600. The summed E-state index contributed by atoms with van der Waals surface area (Å²) in [4.78, 5) is 11.0. The molecule has 4 nitrogen and oxygen atoms in total. The third-order valence-electron chi connectivity index (χ3n) is 4.54. The lowest BCUT2D eigenvalue weighted by atomic mass is 9.88. The number of aldehydes is 1. The minimum Gasteiger partial charge on any atom is -0.496 e. The Morgan fingerprint density at radius 1 is 1.08 bits per heavy atom. The van der Waals surface area contributed by atoms with Crippen molar-refractivity contribution in [3.63, 3.8) is 0 Å². The highest BCUT2D eigenvalue weighted by molar-refractivity contribution is 6.52. The van der Waals surface area contributed by atoms with E-state index >= 15 is 0 Å². The van der Waals surface area contributed by atoms with Gasteiger partial charge in [0, 0.05) is 0 Å². The highest BCUT2D eigenvalue weighted by Gasteiger charge is 2.50. The molecule has 0 N–H and O–H groups in total. The molecule has 0 saturated carbocycles. The number of carbonyl (C=O) groups excluding carboxylic acids is 1. The zero-order valence-electron chi connectivity index (χ0n) is 14.7. The minimum atomic E-state index is -4.61. The van der Waals surface area contributed by atoms with Crippen LogP contribution in [0.5, 0.6) is 5.75 Å². The second-order valence-corrected chi connectivity index (χ2v) is 6.78. The molecule has 2 rings (SSSR count). The Morgan fingerprint density at radius 3 is 2.08 bits per heavy atom. The average Bonchev–Trinajstić information content (AvgIpc) is 2.70. The van der Waals surface area contributed by atoms with Crippen molar-refractivity contribution < 1.29 is 32.0 Å². The number of methoxy groups -OCH3 is 1. The van der Waals surface area contributed by atoms with E-state index in [1.165, 1.54) is 25.2 Å². The van der Waals surface area contributed by atoms with E-state index in [2.05, 4.69) is 0 Å². The van der Waals surface area contributed by atoms with E-state index in [0.717, 1.165) is 6.07 Å². The summed E-state index contributed by atoms with van der Waals surface area (Å²) in [6.45, 7) is 7.40. The van der Waals surface area contributed by atoms with Crippen molar-refractivity contribution in [2.45, 2.75) is 45.1 Å². The molecular formula is C17H20BF3O4. The topological polar surface area (TPSA) is 44.8 Å². The van der Waals surface area contributed by atoms with Crippen molar-refractivity contribution in [3.8, 4) is 5.75 Å². The second kappa shape index (κ2) is 6.50. The molecule has 136 valence electrons. The maximum Gasteiger partial charge on any atom is 0.487 e. The monoisotopic (exact) mass is 356 g/mol. The number of rotatable bonds is 4. The molecule has 1 heterocycles. The molecule has 1 aromatic rings. The molecule has 1 fully saturated rings. The van der Waals surface area contributed by atoms with E-state index in [9.17, 15) is 18.0 Å². The third-order valence-corrected chi connectivity index (χ3v) is 4.54. The number of halogens is 3. The van der Waals surface area contributed by atoms with Crippen LogP contribution in [0.3, 0.4) is 0 Å². The number of ether oxygens (including phenoxy) is 1. The van der Waals surface area contributed by atoms with Crippen molar-refractivity contribution in [2.24, 2.45) is 0 Å². The summed E-state index contributed by atoms with van der Waals surface area (Å²) < 4.78 is 56.3. The fraction of sp³-hybridized carbons (Fsp3) is 0.471. The molecule has 0 bridgehead atoms. The smallest absolute Gasteiger partial charge is 0.487 e. The van der Waals surface area contributed by atoms with Crippen molar-refractivity contribution in [2.75, 3.05) is 7.11 Å². The molecule has 0 aliphatic carbocycles. The number of carbonyl (C=O) groups is 1. The van der Waals surface area contributed by atoms with E-state index in [1.54, 1.807) is 0 Å². The van der Waals surface area contributed by atoms with Gasteiger partial charge in [0.25, 0.3) is 0 Å². The molecule has 0 radical (unpaired) electrons. The Morgan fingerprint density at radius 2 is 1.64 bits per heavy atom. The van der Waals surface area contributed by atoms with Crippen molar-refractivity contribution in [1.29, 1.82) is 0 Å². The van der Waals surface area contributed by atoms with Crippen molar-refractivity contribution in [3.05, 3.63) is 34.8 Å². The Hall–Kier alpha value is -1.80. The molecule has 0 aromatic heterocycles. The van der Waals surface area contributed by atoms with Crippen molar-refractivity contribution in [1.82, 2.24) is 0 Å². The summed E-state index contributed by atoms with van der Waals surface area (Å²) in [5, 5.41) is 0. The van der Waals surface area contributed by atoms with Gasteiger partial charge in [-0.1, -0.05) is 12.1 Å². The second-order valence-electron chi connectivity index (χ2n) is 6.78. The molecule has 1 saturated heterocycles. The number of benzene rings is 1. The Labute approximate surface area is 145 Å². The molecule has 0 unspecified atom stereocenters. The largest absolute Gasteiger partial charge is 0.496 e. The Balaban J connectivity index is 2.40. The van der Waals surface area contributed by atoms with Gasteiger partial charge >= 0.3 is 13.3 Å². The summed E-state index contributed by atoms with van der Waals surface area (Å²) in [6.07, 6.45) is -3.02. The summed E-state index contributed by atoms with van der Waals surface area (Å²) in [7, 11) is 0.514. The molecular weight excluding hydrogens is 336 g/mol. The van der Waals surface area contributed by atoms with E-state index in [0.29, 0.717) is 6.29 Å². The number of alkyl halides is 3. The van der Waals surface area contributed by atoms with Gasteiger partial charge in [0.15, 0.2) is 6.29 Å². The van der Waals surface area contributed by atoms with Gasteiger partial charge in [-0.15, -0.1) is 0 Å². The molecule has 0 amide bonds. The molecule has 0 spiro atoms. The zero-order chi connectivity index (χ0) is 19.0. The van der Waals surface area contributed by atoms with Gasteiger partial charge in [0.1, 0.15) is 5.75 Å². The number of hydrogen-bond acceptors (Lipinski definition) is 4.